The number of ether oxygens (including phenoxy) is 1. The highest BCUT2D eigenvalue weighted by atomic mass is 16.5. The van der Waals surface area contributed by atoms with Crippen molar-refractivity contribution in [1.29, 1.82) is 0 Å². The SMILES string of the molecule is COC(C)(C)c1cc2cc(O)ccc2o1. The van der Waals surface area contributed by atoms with Crippen LogP contribution in [0, 0.1) is 0 Å². The molecule has 3 heteroatoms. The fraction of sp³-hybridized carbons (Fsp3) is 0.333. The molecular weight excluding hydrogens is 192 g/mol. The molecule has 0 spiro atoms. The molecule has 3 nitrogen and oxygen atoms in total. The van der Waals surface area contributed by atoms with E-state index in [4.69, 9.17) is 9.15 Å². The van der Waals surface area contributed by atoms with Gasteiger partial charge in [0.1, 0.15) is 22.7 Å². The van der Waals surface area contributed by atoms with Crippen LogP contribution in [0.2, 0.25) is 0 Å². The van der Waals surface area contributed by atoms with Crippen LogP contribution in [0.4, 0.5) is 0 Å². The van der Waals surface area contributed by atoms with Crippen LogP contribution in [-0.4, -0.2) is 12.2 Å². The Hall–Kier alpha value is -1.48. The second-order valence-corrected chi connectivity index (χ2v) is 4.05. The summed E-state index contributed by atoms with van der Waals surface area (Å²) in [5.41, 5.74) is 0.308. The maximum Gasteiger partial charge on any atom is 0.136 e. The van der Waals surface area contributed by atoms with Crippen LogP contribution in [0.5, 0.6) is 5.75 Å². The lowest BCUT2D eigenvalue weighted by molar-refractivity contribution is 0.00212. The number of hydrogen-bond donors (Lipinski definition) is 1. The zero-order valence-electron chi connectivity index (χ0n) is 9.07. The van der Waals surface area contributed by atoms with Crippen LogP contribution in [0.25, 0.3) is 11.0 Å². The Bertz CT molecular complexity index is 483. The first-order chi connectivity index (χ1) is 7.03. The standard InChI is InChI=1S/C12H14O3/c1-12(2,14-3)11-7-8-6-9(13)4-5-10(8)15-11/h4-7,13H,1-3H3. The molecule has 0 aliphatic rings. The second kappa shape index (κ2) is 3.28. The molecule has 0 saturated heterocycles. The third-order valence-electron chi connectivity index (χ3n) is 2.60. The van der Waals surface area contributed by atoms with Crippen LogP contribution >= 0.6 is 0 Å². The van der Waals surface area contributed by atoms with Crippen LogP contribution in [-0.2, 0) is 10.3 Å². The van der Waals surface area contributed by atoms with Gasteiger partial charge in [0.2, 0.25) is 0 Å². The van der Waals surface area contributed by atoms with Gasteiger partial charge in [-0.05, 0) is 38.1 Å². The number of benzene rings is 1. The molecule has 1 aromatic heterocycles. The van der Waals surface area contributed by atoms with E-state index in [2.05, 4.69) is 0 Å². The molecule has 0 aliphatic heterocycles. The molecule has 1 N–H and O–H groups in total. The third kappa shape index (κ3) is 1.70. The number of aromatic hydroxyl groups is 1. The Kier molecular flexibility index (Phi) is 2.20. The van der Waals surface area contributed by atoms with Gasteiger partial charge >= 0.3 is 0 Å². The van der Waals surface area contributed by atoms with Gasteiger partial charge in [0.25, 0.3) is 0 Å². The summed E-state index contributed by atoms with van der Waals surface area (Å²) in [6, 6.07) is 6.92. The lowest BCUT2D eigenvalue weighted by atomic mass is 10.1. The Morgan fingerprint density at radius 2 is 2.00 bits per heavy atom. The van der Waals surface area contributed by atoms with Crippen molar-refractivity contribution in [3.63, 3.8) is 0 Å². The van der Waals surface area contributed by atoms with Crippen molar-refractivity contribution in [1.82, 2.24) is 0 Å². The van der Waals surface area contributed by atoms with E-state index in [1.165, 1.54) is 0 Å². The van der Waals surface area contributed by atoms with Crippen molar-refractivity contribution in [2.45, 2.75) is 19.4 Å². The first-order valence-corrected chi connectivity index (χ1v) is 4.81. The summed E-state index contributed by atoms with van der Waals surface area (Å²) in [7, 11) is 1.64. The maximum atomic E-state index is 9.33. The number of phenolic OH excluding ortho intramolecular Hbond substituents is 1. The van der Waals surface area contributed by atoms with E-state index in [1.807, 2.05) is 19.9 Å². The van der Waals surface area contributed by atoms with E-state index in [0.717, 1.165) is 16.7 Å². The first-order valence-electron chi connectivity index (χ1n) is 4.81. The predicted octanol–water partition coefficient (Wildman–Crippen LogP) is 3.02. The molecule has 80 valence electrons. The zero-order valence-corrected chi connectivity index (χ0v) is 9.07. The summed E-state index contributed by atoms with van der Waals surface area (Å²) < 4.78 is 11.0. The average molecular weight is 206 g/mol. The lowest BCUT2D eigenvalue weighted by Gasteiger charge is -2.19. The molecule has 0 amide bonds. The molecule has 1 heterocycles. The van der Waals surface area contributed by atoms with Crippen LogP contribution in [0.3, 0.4) is 0 Å². The minimum atomic E-state index is -0.450. The Labute approximate surface area is 88.3 Å². The van der Waals surface area contributed by atoms with Crippen LogP contribution in [0.1, 0.15) is 19.6 Å². The minimum Gasteiger partial charge on any atom is -0.508 e. The lowest BCUT2D eigenvalue weighted by Crippen LogP contribution is -2.18. The molecule has 2 aromatic rings. The molecule has 0 unspecified atom stereocenters. The molecule has 2 rings (SSSR count). The molecule has 15 heavy (non-hydrogen) atoms. The van der Waals surface area contributed by atoms with Gasteiger partial charge in [-0.2, -0.15) is 0 Å². The Morgan fingerprint density at radius 1 is 1.27 bits per heavy atom. The van der Waals surface area contributed by atoms with Crippen LogP contribution < -0.4 is 0 Å². The van der Waals surface area contributed by atoms with Gasteiger partial charge in [-0.1, -0.05) is 0 Å². The predicted molar refractivity (Wildman–Crippen MR) is 57.9 cm³/mol. The number of rotatable bonds is 2. The summed E-state index contributed by atoms with van der Waals surface area (Å²) >= 11 is 0. The number of methoxy groups -OCH3 is 1. The van der Waals surface area contributed by atoms with E-state index in [1.54, 1.807) is 25.3 Å². The van der Waals surface area contributed by atoms with Gasteiger partial charge < -0.3 is 14.3 Å². The normalized spacial score (nSPS) is 12.2. The van der Waals surface area contributed by atoms with E-state index in [9.17, 15) is 5.11 Å². The third-order valence-corrected chi connectivity index (χ3v) is 2.60. The van der Waals surface area contributed by atoms with Crippen molar-refractivity contribution in [3.05, 3.63) is 30.0 Å². The van der Waals surface area contributed by atoms with Crippen LogP contribution in [0.15, 0.2) is 28.7 Å². The smallest absolute Gasteiger partial charge is 0.136 e. The molecular formula is C12H14O3. The summed E-state index contributed by atoms with van der Waals surface area (Å²) in [5.74, 6) is 0.996. The summed E-state index contributed by atoms with van der Waals surface area (Å²) in [5, 5.41) is 10.2. The molecule has 0 fully saturated rings. The quantitative estimate of drug-likeness (QED) is 0.821. The van der Waals surface area contributed by atoms with Crippen molar-refractivity contribution in [2.75, 3.05) is 7.11 Å². The fourth-order valence-corrected chi connectivity index (χ4v) is 1.43. The molecule has 0 aliphatic carbocycles. The van der Waals surface area contributed by atoms with Crippen molar-refractivity contribution < 1.29 is 14.3 Å². The second-order valence-electron chi connectivity index (χ2n) is 4.05. The number of phenols is 1. The average Bonchev–Trinajstić information content (AvgIpc) is 2.61. The summed E-state index contributed by atoms with van der Waals surface area (Å²) in [6.45, 7) is 3.87. The monoisotopic (exact) mass is 206 g/mol. The van der Waals surface area contributed by atoms with Gasteiger partial charge in [-0.15, -0.1) is 0 Å². The van der Waals surface area contributed by atoms with Crippen molar-refractivity contribution in [2.24, 2.45) is 0 Å². The summed E-state index contributed by atoms with van der Waals surface area (Å²) in [6.07, 6.45) is 0. The van der Waals surface area contributed by atoms with Gasteiger partial charge in [0, 0.05) is 12.5 Å². The van der Waals surface area contributed by atoms with Gasteiger partial charge in [0.15, 0.2) is 0 Å². The Balaban J connectivity index is 2.56. The highest BCUT2D eigenvalue weighted by Crippen LogP contribution is 2.31. The van der Waals surface area contributed by atoms with E-state index in [0.29, 0.717) is 0 Å². The van der Waals surface area contributed by atoms with E-state index < -0.39 is 5.60 Å². The number of fused-ring (bicyclic) bond motifs is 1. The molecule has 0 saturated carbocycles. The molecule has 0 radical (unpaired) electrons. The van der Waals surface area contributed by atoms with Crippen molar-refractivity contribution in [3.8, 4) is 5.75 Å². The summed E-state index contributed by atoms with van der Waals surface area (Å²) in [4.78, 5) is 0. The first kappa shape index (κ1) is 10.1. The number of furan rings is 1. The van der Waals surface area contributed by atoms with Gasteiger partial charge in [-0.25, -0.2) is 0 Å². The van der Waals surface area contributed by atoms with E-state index in [-0.39, 0.29) is 5.75 Å². The molecule has 0 bridgehead atoms. The topological polar surface area (TPSA) is 42.6 Å². The van der Waals surface area contributed by atoms with E-state index >= 15 is 0 Å². The highest BCUT2D eigenvalue weighted by Gasteiger charge is 2.24. The Morgan fingerprint density at radius 3 is 2.67 bits per heavy atom. The maximum absolute atomic E-state index is 9.33. The minimum absolute atomic E-state index is 0.241. The molecule has 0 atom stereocenters. The molecule has 1 aromatic carbocycles. The largest absolute Gasteiger partial charge is 0.508 e. The van der Waals surface area contributed by atoms with Crippen molar-refractivity contribution >= 4 is 11.0 Å². The van der Waals surface area contributed by atoms with Gasteiger partial charge in [0.05, 0.1) is 0 Å². The zero-order chi connectivity index (χ0) is 11.1. The fourth-order valence-electron chi connectivity index (χ4n) is 1.43. The highest BCUT2D eigenvalue weighted by molar-refractivity contribution is 5.79. The number of hydrogen-bond acceptors (Lipinski definition) is 3. The van der Waals surface area contributed by atoms with Gasteiger partial charge in [-0.3, -0.25) is 0 Å².